The lowest BCUT2D eigenvalue weighted by atomic mass is 9.94. The SMILES string of the molecule is CC(C)OC(CC1CCCCN1)C(C)C. The van der Waals surface area contributed by atoms with Crippen LogP contribution in [0.5, 0.6) is 0 Å². The van der Waals surface area contributed by atoms with E-state index in [0.717, 1.165) is 0 Å². The highest BCUT2D eigenvalue weighted by Crippen LogP contribution is 2.19. The Balaban J connectivity index is 2.35. The monoisotopic (exact) mass is 213 g/mol. The molecule has 1 rings (SSSR count). The minimum Gasteiger partial charge on any atom is -0.375 e. The van der Waals surface area contributed by atoms with Crippen LogP contribution in [0, 0.1) is 5.92 Å². The Hall–Kier alpha value is -0.0800. The zero-order chi connectivity index (χ0) is 11.3. The number of nitrogens with one attached hydrogen (secondary N) is 1. The number of piperidine rings is 1. The molecule has 0 radical (unpaired) electrons. The molecule has 0 amide bonds. The molecule has 1 fully saturated rings. The predicted molar refractivity (Wildman–Crippen MR) is 65.1 cm³/mol. The first-order valence-electron chi connectivity index (χ1n) is 6.48. The molecule has 2 unspecified atom stereocenters. The Morgan fingerprint density at radius 1 is 1.20 bits per heavy atom. The summed E-state index contributed by atoms with van der Waals surface area (Å²) < 4.78 is 5.97. The van der Waals surface area contributed by atoms with Gasteiger partial charge in [0.15, 0.2) is 0 Å². The van der Waals surface area contributed by atoms with Crippen LogP contribution in [-0.4, -0.2) is 24.8 Å². The van der Waals surface area contributed by atoms with Crippen molar-refractivity contribution in [2.75, 3.05) is 6.54 Å². The molecule has 0 bridgehead atoms. The van der Waals surface area contributed by atoms with Gasteiger partial charge in [0.1, 0.15) is 0 Å². The van der Waals surface area contributed by atoms with Gasteiger partial charge in [-0.1, -0.05) is 20.3 Å². The lowest BCUT2D eigenvalue weighted by Gasteiger charge is -2.30. The standard InChI is InChI=1S/C13H27NO/c1-10(2)13(15-11(3)4)9-12-7-5-6-8-14-12/h10-14H,5-9H2,1-4H3. The highest BCUT2D eigenvalue weighted by Gasteiger charge is 2.22. The van der Waals surface area contributed by atoms with E-state index in [1.165, 1.54) is 32.2 Å². The van der Waals surface area contributed by atoms with Gasteiger partial charge in [-0.15, -0.1) is 0 Å². The minimum absolute atomic E-state index is 0.348. The Labute approximate surface area is 94.8 Å². The maximum Gasteiger partial charge on any atom is 0.0616 e. The molecule has 0 spiro atoms. The van der Waals surface area contributed by atoms with Crippen molar-refractivity contribution in [1.82, 2.24) is 5.32 Å². The molecule has 0 aliphatic carbocycles. The molecule has 2 nitrogen and oxygen atoms in total. The lowest BCUT2D eigenvalue weighted by molar-refractivity contribution is -0.0288. The molecule has 2 atom stereocenters. The van der Waals surface area contributed by atoms with Crippen LogP contribution in [0.2, 0.25) is 0 Å². The largest absolute Gasteiger partial charge is 0.375 e. The van der Waals surface area contributed by atoms with Crippen LogP contribution < -0.4 is 5.32 Å². The van der Waals surface area contributed by atoms with Crippen molar-refractivity contribution < 1.29 is 4.74 Å². The van der Waals surface area contributed by atoms with Gasteiger partial charge in [0, 0.05) is 6.04 Å². The predicted octanol–water partition coefficient (Wildman–Crippen LogP) is 2.97. The van der Waals surface area contributed by atoms with E-state index in [1.807, 2.05) is 0 Å². The van der Waals surface area contributed by atoms with Crippen molar-refractivity contribution in [2.45, 2.75) is 71.6 Å². The lowest BCUT2D eigenvalue weighted by Crippen LogP contribution is -2.39. The van der Waals surface area contributed by atoms with Crippen molar-refractivity contribution in [2.24, 2.45) is 5.92 Å². The van der Waals surface area contributed by atoms with E-state index in [4.69, 9.17) is 4.74 Å². The van der Waals surface area contributed by atoms with E-state index in [9.17, 15) is 0 Å². The quantitative estimate of drug-likeness (QED) is 0.758. The van der Waals surface area contributed by atoms with Gasteiger partial charge in [0.05, 0.1) is 12.2 Å². The molecule has 0 aromatic carbocycles. The van der Waals surface area contributed by atoms with Crippen molar-refractivity contribution in [3.63, 3.8) is 0 Å². The van der Waals surface area contributed by atoms with Gasteiger partial charge in [-0.05, 0) is 45.6 Å². The highest BCUT2D eigenvalue weighted by atomic mass is 16.5. The van der Waals surface area contributed by atoms with Gasteiger partial charge < -0.3 is 10.1 Å². The fourth-order valence-electron chi connectivity index (χ4n) is 2.24. The molecule has 90 valence electrons. The number of ether oxygens (including phenoxy) is 1. The third kappa shape index (κ3) is 4.98. The normalized spacial score (nSPS) is 24.8. The summed E-state index contributed by atoms with van der Waals surface area (Å²) in [5.74, 6) is 0.621. The van der Waals surface area contributed by atoms with E-state index in [1.54, 1.807) is 0 Å². The van der Waals surface area contributed by atoms with Crippen molar-refractivity contribution >= 4 is 0 Å². The molecule has 2 heteroatoms. The van der Waals surface area contributed by atoms with E-state index < -0.39 is 0 Å². The molecule has 0 saturated carbocycles. The van der Waals surface area contributed by atoms with E-state index in [2.05, 4.69) is 33.0 Å². The first-order chi connectivity index (χ1) is 7.09. The van der Waals surface area contributed by atoms with Gasteiger partial charge in [-0.25, -0.2) is 0 Å². The molecule has 0 aromatic heterocycles. The first kappa shape index (κ1) is 13.0. The third-order valence-corrected chi connectivity index (χ3v) is 3.12. The average molecular weight is 213 g/mol. The van der Waals surface area contributed by atoms with Crippen LogP contribution in [0.15, 0.2) is 0 Å². The topological polar surface area (TPSA) is 21.3 Å². The van der Waals surface area contributed by atoms with Crippen LogP contribution in [0.3, 0.4) is 0 Å². The Morgan fingerprint density at radius 2 is 1.93 bits per heavy atom. The van der Waals surface area contributed by atoms with Gasteiger partial charge in [-0.3, -0.25) is 0 Å². The molecular weight excluding hydrogens is 186 g/mol. The summed E-state index contributed by atoms with van der Waals surface area (Å²) in [6, 6.07) is 0.685. The first-order valence-corrected chi connectivity index (χ1v) is 6.48. The minimum atomic E-state index is 0.348. The van der Waals surface area contributed by atoms with E-state index in [0.29, 0.717) is 24.2 Å². The molecule has 1 aliphatic heterocycles. The number of hydrogen-bond donors (Lipinski definition) is 1. The van der Waals surface area contributed by atoms with Crippen LogP contribution in [0.4, 0.5) is 0 Å². The summed E-state index contributed by atoms with van der Waals surface area (Å²) >= 11 is 0. The summed E-state index contributed by atoms with van der Waals surface area (Å²) in [7, 11) is 0. The summed E-state index contributed by atoms with van der Waals surface area (Å²) in [5.41, 5.74) is 0. The van der Waals surface area contributed by atoms with Crippen LogP contribution in [0.25, 0.3) is 0 Å². The van der Waals surface area contributed by atoms with Gasteiger partial charge in [0.2, 0.25) is 0 Å². The Bertz CT molecular complexity index is 162. The van der Waals surface area contributed by atoms with Crippen molar-refractivity contribution in [3.8, 4) is 0 Å². The Morgan fingerprint density at radius 3 is 2.40 bits per heavy atom. The fraction of sp³-hybridized carbons (Fsp3) is 1.00. The van der Waals surface area contributed by atoms with Crippen LogP contribution >= 0.6 is 0 Å². The van der Waals surface area contributed by atoms with E-state index >= 15 is 0 Å². The van der Waals surface area contributed by atoms with Gasteiger partial charge in [-0.2, -0.15) is 0 Å². The summed E-state index contributed by atoms with van der Waals surface area (Å²) in [6.07, 6.45) is 5.99. The second kappa shape index (κ2) is 6.49. The Kier molecular flexibility index (Phi) is 5.62. The van der Waals surface area contributed by atoms with Gasteiger partial charge in [0.25, 0.3) is 0 Å². The maximum atomic E-state index is 5.97. The molecule has 1 saturated heterocycles. The smallest absolute Gasteiger partial charge is 0.0616 e. The maximum absolute atomic E-state index is 5.97. The zero-order valence-electron chi connectivity index (χ0n) is 10.8. The summed E-state index contributed by atoms with van der Waals surface area (Å²) in [4.78, 5) is 0. The number of rotatable bonds is 5. The number of hydrogen-bond acceptors (Lipinski definition) is 2. The molecule has 1 heterocycles. The fourth-order valence-corrected chi connectivity index (χ4v) is 2.24. The third-order valence-electron chi connectivity index (χ3n) is 3.12. The molecular formula is C13H27NO. The molecule has 1 aliphatic rings. The molecule has 0 aromatic rings. The molecule has 1 N–H and O–H groups in total. The van der Waals surface area contributed by atoms with Crippen molar-refractivity contribution in [3.05, 3.63) is 0 Å². The van der Waals surface area contributed by atoms with Gasteiger partial charge >= 0.3 is 0 Å². The van der Waals surface area contributed by atoms with Crippen LogP contribution in [-0.2, 0) is 4.74 Å². The van der Waals surface area contributed by atoms with Crippen LogP contribution in [0.1, 0.15) is 53.4 Å². The average Bonchev–Trinajstić information content (AvgIpc) is 2.17. The molecule has 15 heavy (non-hydrogen) atoms. The highest BCUT2D eigenvalue weighted by molar-refractivity contribution is 4.77. The second-order valence-electron chi connectivity index (χ2n) is 5.35. The van der Waals surface area contributed by atoms with E-state index in [-0.39, 0.29) is 0 Å². The second-order valence-corrected chi connectivity index (χ2v) is 5.35. The van der Waals surface area contributed by atoms with Crippen molar-refractivity contribution in [1.29, 1.82) is 0 Å². The summed E-state index contributed by atoms with van der Waals surface area (Å²) in [5, 5.41) is 3.60. The zero-order valence-corrected chi connectivity index (χ0v) is 10.8. The summed E-state index contributed by atoms with van der Waals surface area (Å²) in [6.45, 7) is 9.97.